The van der Waals surface area contributed by atoms with Gasteiger partial charge in [0.25, 0.3) is 0 Å². The fraction of sp³-hybridized carbons (Fsp3) is 0.167. The van der Waals surface area contributed by atoms with Crippen molar-refractivity contribution in [2.75, 3.05) is 0 Å². The Hall–Kier alpha value is -2.81. The van der Waals surface area contributed by atoms with Gasteiger partial charge in [0.1, 0.15) is 0 Å². The molecule has 1 heterocycles. The molecule has 0 bridgehead atoms. The Labute approximate surface area is 156 Å². The minimum atomic E-state index is -4.43. The van der Waals surface area contributed by atoms with Crippen LogP contribution in [0.2, 0.25) is 0 Å². The maximum absolute atomic E-state index is 12.8. The molecule has 0 spiro atoms. The molecule has 1 unspecified atom stereocenters. The van der Waals surface area contributed by atoms with E-state index in [4.69, 9.17) is 5.73 Å². The van der Waals surface area contributed by atoms with E-state index in [9.17, 15) is 22.8 Å². The lowest BCUT2D eigenvalue weighted by Crippen LogP contribution is -2.26. The van der Waals surface area contributed by atoms with Crippen LogP contribution < -0.4 is 11.1 Å². The van der Waals surface area contributed by atoms with Gasteiger partial charge in [0, 0.05) is 5.56 Å². The Balaban J connectivity index is 1.71. The number of hydrogen-bond donors (Lipinski definition) is 2. The lowest BCUT2D eigenvalue weighted by molar-refractivity contribution is -0.137. The van der Waals surface area contributed by atoms with Crippen molar-refractivity contribution in [3.05, 3.63) is 65.2 Å². The second-order valence-electron chi connectivity index (χ2n) is 5.83. The molecule has 0 aromatic heterocycles. The predicted molar refractivity (Wildman–Crippen MR) is 96.7 cm³/mol. The molecule has 1 atom stereocenters. The monoisotopic (exact) mass is 393 g/mol. The summed E-state index contributed by atoms with van der Waals surface area (Å²) in [5.74, 6) is -0.871. The number of halogens is 3. The van der Waals surface area contributed by atoms with Crippen molar-refractivity contribution in [2.24, 2.45) is 10.7 Å². The Kier molecular flexibility index (Phi) is 5.22. The lowest BCUT2D eigenvalue weighted by atomic mass is 10.1. The van der Waals surface area contributed by atoms with Gasteiger partial charge in [0.2, 0.25) is 11.8 Å². The van der Waals surface area contributed by atoms with Crippen LogP contribution in [0, 0.1) is 0 Å². The summed E-state index contributed by atoms with van der Waals surface area (Å²) in [5.41, 5.74) is 5.70. The van der Waals surface area contributed by atoms with Gasteiger partial charge in [-0.3, -0.25) is 9.59 Å². The van der Waals surface area contributed by atoms with Crippen LogP contribution >= 0.6 is 11.8 Å². The number of nitrogens with one attached hydrogen (secondary N) is 1. The number of alkyl halides is 3. The summed E-state index contributed by atoms with van der Waals surface area (Å²) in [7, 11) is 0. The number of nitrogens with zero attached hydrogens (tertiary/aromatic N) is 1. The Bertz CT molecular complexity index is 911. The second-order valence-corrected chi connectivity index (χ2v) is 7.02. The quantitative estimate of drug-likeness (QED) is 0.836. The third-order valence-corrected chi connectivity index (χ3v) is 4.92. The molecule has 9 heteroatoms. The van der Waals surface area contributed by atoms with E-state index in [1.165, 1.54) is 18.2 Å². The minimum absolute atomic E-state index is 0.153. The molecule has 2 aromatic carbocycles. The highest BCUT2D eigenvalue weighted by Gasteiger charge is 2.33. The van der Waals surface area contributed by atoms with Crippen molar-refractivity contribution in [1.29, 1.82) is 0 Å². The third-order valence-electron chi connectivity index (χ3n) is 3.83. The first-order valence-corrected chi connectivity index (χ1v) is 8.72. The number of aliphatic imine (C=N–C) groups is 1. The first-order valence-electron chi connectivity index (χ1n) is 7.84. The minimum Gasteiger partial charge on any atom is -0.366 e. The maximum atomic E-state index is 12.8. The number of hydrogen-bond acceptors (Lipinski definition) is 4. The van der Waals surface area contributed by atoms with Gasteiger partial charge in [-0.1, -0.05) is 30.0 Å². The summed E-state index contributed by atoms with van der Waals surface area (Å²) in [6.45, 7) is 0. The summed E-state index contributed by atoms with van der Waals surface area (Å²) in [6.07, 6.45) is -4.27. The van der Waals surface area contributed by atoms with Gasteiger partial charge in [-0.15, -0.1) is 0 Å². The van der Waals surface area contributed by atoms with E-state index in [1.807, 2.05) is 0 Å². The number of carbonyl (C=O) groups is 2. The second kappa shape index (κ2) is 7.43. The molecular formula is C18H14F3N3O2S. The predicted octanol–water partition coefficient (Wildman–Crippen LogP) is 3.27. The van der Waals surface area contributed by atoms with E-state index in [1.54, 1.807) is 18.2 Å². The molecule has 5 nitrogen and oxygen atoms in total. The van der Waals surface area contributed by atoms with Gasteiger partial charge in [0.05, 0.1) is 16.5 Å². The lowest BCUT2D eigenvalue weighted by Gasteiger charge is -2.10. The van der Waals surface area contributed by atoms with E-state index >= 15 is 0 Å². The number of rotatable bonds is 4. The van der Waals surface area contributed by atoms with E-state index in [0.717, 1.165) is 23.9 Å². The van der Waals surface area contributed by atoms with Crippen LogP contribution in [0.15, 0.2) is 53.5 Å². The number of carbonyl (C=O) groups excluding carboxylic acids is 2. The van der Waals surface area contributed by atoms with Crippen LogP contribution in [0.5, 0.6) is 0 Å². The number of amides is 2. The fourth-order valence-corrected chi connectivity index (χ4v) is 3.53. The molecule has 0 saturated carbocycles. The average Bonchev–Trinajstić information content (AvgIpc) is 2.94. The summed E-state index contributed by atoms with van der Waals surface area (Å²) in [5, 5.41) is 2.39. The molecule has 1 aliphatic heterocycles. The average molecular weight is 393 g/mol. The van der Waals surface area contributed by atoms with Crippen molar-refractivity contribution in [2.45, 2.75) is 17.8 Å². The number of primary amides is 1. The zero-order valence-corrected chi connectivity index (χ0v) is 14.6. The first-order chi connectivity index (χ1) is 12.7. The van der Waals surface area contributed by atoms with Crippen LogP contribution in [0.1, 0.15) is 21.5 Å². The zero-order valence-electron chi connectivity index (χ0n) is 13.8. The first kappa shape index (κ1) is 19.0. The summed E-state index contributed by atoms with van der Waals surface area (Å²) in [4.78, 5) is 27.4. The Morgan fingerprint density at radius 2 is 1.89 bits per heavy atom. The van der Waals surface area contributed by atoms with Crippen molar-refractivity contribution >= 4 is 34.4 Å². The third kappa shape index (κ3) is 4.68. The normalized spacial score (nSPS) is 18.6. The molecule has 2 aromatic rings. The molecular weight excluding hydrogens is 379 g/mol. The highest BCUT2D eigenvalue weighted by molar-refractivity contribution is 8.15. The molecule has 140 valence electrons. The Morgan fingerprint density at radius 3 is 2.52 bits per heavy atom. The maximum Gasteiger partial charge on any atom is 0.416 e. The van der Waals surface area contributed by atoms with E-state index in [-0.39, 0.29) is 12.3 Å². The van der Waals surface area contributed by atoms with Crippen LogP contribution in [-0.2, 0) is 17.4 Å². The highest BCUT2D eigenvalue weighted by Crippen LogP contribution is 2.31. The number of nitrogens with two attached hydrogens (primary N) is 1. The van der Waals surface area contributed by atoms with E-state index < -0.39 is 22.9 Å². The van der Waals surface area contributed by atoms with Gasteiger partial charge >= 0.3 is 6.18 Å². The number of thioether (sulfide) groups is 1. The van der Waals surface area contributed by atoms with Gasteiger partial charge in [-0.2, -0.15) is 13.2 Å². The van der Waals surface area contributed by atoms with Gasteiger partial charge < -0.3 is 11.1 Å². The van der Waals surface area contributed by atoms with E-state index in [2.05, 4.69) is 10.3 Å². The molecule has 2 amide bonds. The number of amidine groups is 1. The molecule has 3 rings (SSSR count). The topological polar surface area (TPSA) is 84.6 Å². The summed E-state index contributed by atoms with van der Waals surface area (Å²) in [6, 6.07) is 11.1. The van der Waals surface area contributed by atoms with Crippen molar-refractivity contribution < 1.29 is 22.8 Å². The van der Waals surface area contributed by atoms with Crippen LogP contribution in [0.4, 0.5) is 18.9 Å². The van der Waals surface area contributed by atoms with Crippen molar-refractivity contribution in [3.8, 4) is 0 Å². The summed E-state index contributed by atoms with van der Waals surface area (Å²) < 4.78 is 38.4. The molecule has 27 heavy (non-hydrogen) atoms. The van der Waals surface area contributed by atoms with Crippen molar-refractivity contribution in [3.63, 3.8) is 0 Å². The number of benzene rings is 2. The van der Waals surface area contributed by atoms with Gasteiger partial charge in [-0.25, -0.2) is 4.99 Å². The van der Waals surface area contributed by atoms with Crippen LogP contribution in [0.3, 0.4) is 0 Å². The molecule has 1 saturated heterocycles. The summed E-state index contributed by atoms with van der Waals surface area (Å²) >= 11 is 1.15. The SMILES string of the molecule is NC(=O)c1ccc(N=C2NC(=O)C(Cc3cccc(C(F)(F)F)c3)S2)cc1. The molecule has 1 fully saturated rings. The van der Waals surface area contributed by atoms with Gasteiger partial charge in [-0.05, 0) is 42.3 Å². The molecule has 0 radical (unpaired) electrons. The van der Waals surface area contributed by atoms with Gasteiger partial charge in [0.15, 0.2) is 5.17 Å². The van der Waals surface area contributed by atoms with E-state index in [0.29, 0.717) is 22.0 Å². The Morgan fingerprint density at radius 1 is 1.19 bits per heavy atom. The van der Waals surface area contributed by atoms with Crippen molar-refractivity contribution in [1.82, 2.24) is 5.32 Å². The molecule has 1 aliphatic rings. The smallest absolute Gasteiger partial charge is 0.366 e. The fourth-order valence-electron chi connectivity index (χ4n) is 2.50. The highest BCUT2D eigenvalue weighted by atomic mass is 32.2. The zero-order chi connectivity index (χ0) is 19.6. The largest absolute Gasteiger partial charge is 0.416 e. The molecule has 3 N–H and O–H groups in total. The van der Waals surface area contributed by atoms with Crippen LogP contribution in [0.25, 0.3) is 0 Å². The van der Waals surface area contributed by atoms with Crippen LogP contribution in [-0.4, -0.2) is 22.2 Å². The standard InChI is InChI=1S/C18H14F3N3O2S/c19-18(20,21)12-3-1-2-10(8-12)9-14-16(26)24-17(27-14)23-13-6-4-11(5-7-13)15(22)25/h1-8,14H,9H2,(H2,22,25)(H,23,24,26). The molecule has 0 aliphatic carbocycles.